The lowest BCUT2D eigenvalue weighted by Gasteiger charge is -2.06. The van der Waals surface area contributed by atoms with Gasteiger partial charge >= 0.3 is 5.97 Å². The maximum Gasteiger partial charge on any atom is 0.338 e. The van der Waals surface area contributed by atoms with Crippen molar-refractivity contribution in [3.05, 3.63) is 48.2 Å². The van der Waals surface area contributed by atoms with Gasteiger partial charge in [0.05, 0.1) is 31.0 Å². The van der Waals surface area contributed by atoms with E-state index >= 15 is 0 Å². The zero-order valence-electron chi connectivity index (χ0n) is 10.5. The molecule has 0 spiro atoms. The number of hydrogen-bond acceptors (Lipinski definition) is 5. The van der Waals surface area contributed by atoms with E-state index in [1.54, 1.807) is 0 Å². The summed E-state index contributed by atoms with van der Waals surface area (Å²) in [4.78, 5) is 22.1. The number of carbonyl (C=O) groups excluding carboxylic acids is 2. The van der Waals surface area contributed by atoms with Gasteiger partial charge in [0.2, 0.25) is 0 Å². The molecule has 1 rings (SSSR count). The molecule has 0 aliphatic carbocycles. The molecule has 0 saturated carbocycles. The molecule has 0 fully saturated rings. The first-order valence-corrected chi connectivity index (χ1v) is 5.86. The van der Waals surface area contributed by atoms with E-state index in [0.717, 1.165) is 6.42 Å². The normalized spacial score (nSPS) is 9.68. The highest BCUT2D eigenvalue weighted by Crippen LogP contribution is 2.06. The van der Waals surface area contributed by atoms with E-state index < -0.39 is 11.9 Å². The van der Waals surface area contributed by atoms with Crippen molar-refractivity contribution in [2.45, 2.75) is 12.8 Å². The van der Waals surface area contributed by atoms with Crippen molar-refractivity contribution in [3.63, 3.8) is 0 Å². The van der Waals surface area contributed by atoms with Gasteiger partial charge in [-0.15, -0.1) is 0 Å². The van der Waals surface area contributed by atoms with Crippen LogP contribution in [0.4, 0.5) is 0 Å². The summed E-state index contributed by atoms with van der Waals surface area (Å²) in [5.74, 6) is -1.75. The number of carbonyl (C=O) groups is 2. The molecule has 1 aromatic carbocycles. The molecule has 0 radical (unpaired) electrons. The average molecular weight is 263 g/mol. The van der Waals surface area contributed by atoms with Gasteiger partial charge in [-0.1, -0.05) is 18.7 Å². The van der Waals surface area contributed by atoms with Crippen molar-refractivity contribution in [2.75, 3.05) is 13.2 Å². The van der Waals surface area contributed by atoms with Crippen LogP contribution in [0.5, 0.6) is 0 Å². The van der Waals surface area contributed by atoms with Gasteiger partial charge in [0.1, 0.15) is 0 Å². The van der Waals surface area contributed by atoms with Gasteiger partial charge in [0, 0.05) is 0 Å². The van der Waals surface area contributed by atoms with Crippen LogP contribution < -0.4 is 5.11 Å². The Hall–Kier alpha value is -2.30. The zero-order chi connectivity index (χ0) is 14.1. The molecular weight excluding hydrogens is 248 g/mol. The minimum atomic E-state index is -1.28. The SMILES string of the molecule is C=COCCCCOC(=O)c1ccc(C(=O)[O-])cc1. The Labute approximate surface area is 111 Å². The van der Waals surface area contributed by atoms with Gasteiger partial charge in [-0.05, 0) is 30.5 Å². The number of esters is 1. The summed E-state index contributed by atoms with van der Waals surface area (Å²) in [6, 6.07) is 5.41. The molecule has 1 aromatic rings. The van der Waals surface area contributed by atoms with Gasteiger partial charge in [-0.3, -0.25) is 0 Å². The third-order valence-electron chi connectivity index (χ3n) is 2.36. The Morgan fingerprint density at radius 1 is 1.11 bits per heavy atom. The number of unbranched alkanes of at least 4 members (excludes halogenated alkanes) is 1. The van der Waals surface area contributed by atoms with Crippen LogP contribution >= 0.6 is 0 Å². The second-order valence-corrected chi connectivity index (χ2v) is 3.75. The quantitative estimate of drug-likeness (QED) is 0.399. The predicted octanol–water partition coefficient (Wildman–Crippen LogP) is 1.15. The number of carboxylic acids is 1. The summed E-state index contributed by atoms with van der Waals surface area (Å²) in [6.45, 7) is 4.25. The molecule has 0 saturated heterocycles. The highest BCUT2D eigenvalue weighted by Gasteiger charge is 2.06. The average Bonchev–Trinajstić information content (AvgIpc) is 2.42. The fourth-order valence-electron chi connectivity index (χ4n) is 1.36. The molecule has 0 aliphatic rings. The number of carboxylic acid groups (broad SMARTS) is 1. The molecule has 5 nitrogen and oxygen atoms in total. The van der Waals surface area contributed by atoms with Crippen molar-refractivity contribution in [2.24, 2.45) is 0 Å². The standard InChI is InChI=1S/C14H16O5/c1-2-18-9-3-4-10-19-14(17)12-7-5-11(6-8-12)13(15)16/h2,5-8H,1,3-4,9-10H2,(H,15,16)/p-1. The largest absolute Gasteiger partial charge is 0.545 e. The fourth-order valence-corrected chi connectivity index (χ4v) is 1.36. The van der Waals surface area contributed by atoms with E-state index in [2.05, 4.69) is 6.58 Å². The lowest BCUT2D eigenvalue weighted by atomic mass is 10.1. The van der Waals surface area contributed by atoms with Gasteiger partial charge in [-0.2, -0.15) is 0 Å². The van der Waals surface area contributed by atoms with Crippen LogP contribution in [0.15, 0.2) is 37.1 Å². The summed E-state index contributed by atoms with van der Waals surface area (Å²) < 4.78 is 9.95. The van der Waals surface area contributed by atoms with Crippen LogP contribution in [0.1, 0.15) is 33.6 Å². The topological polar surface area (TPSA) is 75.7 Å². The van der Waals surface area contributed by atoms with Crippen LogP contribution in [0.25, 0.3) is 0 Å². The van der Waals surface area contributed by atoms with Crippen molar-refractivity contribution >= 4 is 11.9 Å². The first-order chi connectivity index (χ1) is 9.15. The molecular formula is C14H15O5-. The minimum absolute atomic E-state index is 0.0260. The highest BCUT2D eigenvalue weighted by atomic mass is 16.5. The first kappa shape index (κ1) is 14.8. The van der Waals surface area contributed by atoms with E-state index in [1.807, 2.05) is 0 Å². The molecule has 0 aliphatic heterocycles. The maximum absolute atomic E-state index is 11.6. The second kappa shape index (κ2) is 7.92. The van der Waals surface area contributed by atoms with Crippen molar-refractivity contribution in [1.29, 1.82) is 0 Å². The molecule has 5 heteroatoms. The number of benzene rings is 1. The molecule has 0 bridgehead atoms. The first-order valence-electron chi connectivity index (χ1n) is 5.86. The van der Waals surface area contributed by atoms with E-state index in [9.17, 15) is 14.7 Å². The van der Waals surface area contributed by atoms with Crippen LogP contribution in [-0.2, 0) is 9.47 Å². The summed E-state index contributed by atoms with van der Waals surface area (Å²) in [7, 11) is 0. The van der Waals surface area contributed by atoms with Crippen LogP contribution in [-0.4, -0.2) is 25.2 Å². The molecule has 0 N–H and O–H groups in total. The van der Waals surface area contributed by atoms with E-state index in [1.165, 1.54) is 30.5 Å². The maximum atomic E-state index is 11.6. The summed E-state index contributed by atoms with van der Waals surface area (Å²) >= 11 is 0. The Balaban J connectivity index is 2.33. The highest BCUT2D eigenvalue weighted by molar-refractivity contribution is 5.91. The number of aromatic carboxylic acids is 1. The Morgan fingerprint density at radius 3 is 2.26 bits per heavy atom. The predicted molar refractivity (Wildman–Crippen MR) is 66.4 cm³/mol. The number of rotatable bonds is 8. The smallest absolute Gasteiger partial charge is 0.338 e. The van der Waals surface area contributed by atoms with Crippen molar-refractivity contribution in [3.8, 4) is 0 Å². The number of hydrogen-bond donors (Lipinski definition) is 0. The number of ether oxygens (including phenoxy) is 2. The Kier molecular flexibility index (Phi) is 6.15. The molecule has 0 aromatic heterocycles. The molecule has 0 unspecified atom stereocenters. The Morgan fingerprint density at radius 2 is 1.68 bits per heavy atom. The molecule has 19 heavy (non-hydrogen) atoms. The van der Waals surface area contributed by atoms with Gasteiger partial charge in [0.15, 0.2) is 0 Å². The minimum Gasteiger partial charge on any atom is -0.545 e. The Bertz CT molecular complexity index is 436. The van der Waals surface area contributed by atoms with E-state index in [0.29, 0.717) is 25.2 Å². The van der Waals surface area contributed by atoms with Crippen LogP contribution in [0.2, 0.25) is 0 Å². The fraction of sp³-hybridized carbons (Fsp3) is 0.286. The van der Waals surface area contributed by atoms with Crippen molar-refractivity contribution in [1.82, 2.24) is 0 Å². The molecule has 0 atom stereocenters. The van der Waals surface area contributed by atoms with E-state index in [-0.39, 0.29) is 5.56 Å². The zero-order valence-corrected chi connectivity index (χ0v) is 10.5. The van der Waals surface area contributed by atoms with Gasteiger partial charge < -0.3 is 19.4 Å². The lowest BCUT2D eigenvalue weighted by molar-refractivity contribution is -0.255. The third-order valence-corrected chi connectivity index (χ3v) is 2.36. The van der Waals surface area contributed by atoms with E-state index in [4.69, 9.17) is 9.47 Å². The second-order valence-electron chi connectivity index (χ2n) is 3.75. The third kappa shape index (κ3) is 5.25. The molecule has 0 amide bonds. The summed E-state index contributed by atoms with van der Waals surface area (Å²) in [5, 5.41) is 10.5. The summed E-state index contributed by atoms with van der Waals surface area (Å²) in [5.41, 5.74) is 0.338. The monoisotopic (exact) mass is 263 g/mol. The van der Waals surface area contributed by atoms with Gasteiger partial charge in [0.25, 0.3) is 0 Å². The van der Waals surface area contributed by atoms with Crippen molar-refractivity contribution < 1.29 is 24.2 Å². The molecule has 102 valence electrons. The van der Waals surface area contributed by atoms with Gasteiger partial charge in [-0.25, -0.2) is 4.79 Å². The van der Waals surface area contributed by atoms with Crippen LogP contribution in [0.3, 0.4) is 0 Å². The summed E-state index contributed by atoms with van der Waals surface area (Å²) in [6.07, 6.45) is 2.82. The lowest BCUT2D eigenvalue weighted by Crippen LogP contribution is -2.22. The van der Waals surface area contributed by atoms with Crippen LogP contribution in [0, 0.1) is 0 Å². The molecule has 0 heterocycles.